The van der Waals surface area contributed by atoms with Gasteiger partial charge in [-0.05, 0) is 47.4 Å². The summed E-state index contributed by atoms with van der Waals surface area (Å²) in [6.07, 6.45) is 0.661. The summed E-state index contributed by atoms with van der Waals surface area (Å²) in [6.45, 7) is 4.82. The van der Waals surface area contributed by atoms with E-state index in [4.69, 9.17) is 4.74 Å². The number of nitrogens with one attached hydrogen (secondary N) is 1. The third-order valence-corrected chi connectivity index (χ3v) is 6.50. The van der Waals surface area contributed by atoms with Gasteiger partial charge in [-0.25, -0.2) is 0 Å². The Morgan fingerprint density at radius 3 is 2.40 bits per heavy atom. The maximum Gasteiger partial charge on any atom is 0.251 e. The van der Waals surface area contributed by atoms with Gasteiger partial charge >= 0.3 is 0 Å². The van der Waals surface area contributed by atoms with Crippen LogP contribution in [-0.2, 0) is 12.2 Å². The van der Waals surface area contributed by atoms with Crippen LogP contribution in [-0.4, -0.2) is 34.3 Å². The van der Waals surface area contributed by atoms with Gasteiger partial charge in [0.2, 0.25) is 0 Å². The number of ether oxygens (including phenoxy) is 1. The number of nitrogens with zero attached hydrogens (tertiary/aromatic N) is 3. The number of benzene rings is 3. The fraction of sp³-hybridized carbons (Fsp3) is 0.250. The second-order valence-corrected chi connectivity index (χ2v) is 9.59. The molecule has 0 radical (unpaired) electrons. The molecule has 0 fully saturated rings. The third-order valence-electron chi connectivity index (χ3n) is 5.53. The Labute approximate surface area is 210 Å². The number of thioether (sulfide) groups is 1. The molecule has 0 atom stereocenters. The minimum atomic E-state index is -0.0451. The summed E-state index contributed by atoms with van der Waals surface area (Å²) in [5.74, 6) is 2.60. The Bertz CT molecular complexity index is 1250. The molecule has 0 saturated carbocycles. The average Bonchev–Trinajstić information content (AvgIpc) is 3.29. The first-order valence-corrected chi connectivity index (χ1v) is 12.6. The van der Waals surface area contributed by atoms with E-state index in [9.17, 15) is 4.79 Å². The van der Waals surface area contributed by atoms with E-state index in [1.54, 1.807) is 18.9 Å². The van der Waals surface area contributed by atoms with E-state index in [2.05, 4.69) is 46.1 Å². The van der Waals surface area contributed by atoms with Crippen LogP contribution in [0.15, 0.2) is 84.0 Å². The van der Waals surface area contributed by atoms with Crippen molar-refractivity contribution in [2.75, 3.05) is 13.7 Å². The zero-order valence-corrected chi connectivity index (χ0v) is 21.1. The van der Waals surface area contributed by atoms with Crippen LogP contribution in [0.1, 0.15) is 41.2 Å². The second-order valence-electron chi connectivity index (χ2n) is 8.64. The lowest BCUT2D eigenvalue weighted by atomic mass is 10.1. The largest absolute Gasteiger partial charge is 0.497 e. The van der Waals surface area contributed by atoms with Gasteiger partial charge in [0.1, 0.15) is 11.6 Å². The summed E-state index contributed by atoms with van der Waals surface area (Å²) in [5.41, 5.74) is 3.79. The van der Waals surface area contributed by atoms with Gasteiger partial charge in [-0.1, -0.05) is 74.1 Å². The second kappa shape index (κ2) is 11.7. The Morgan fingerprint density at radius 2 is 1.69 bits per heavy atom. The van der Waals surface area contributed by atoms with Crippen molar-refractivity contribution in [2.24, 2.45) is 5.92 Å². The molecule has 0 spiro atoms. The predicted octanol–water partition coefficient (Wildman–Crippen LogP) is 5.54. The Balaban J connectivity index is 1.61. The number of hydrogen-bond acceptors (Lipinski definition) is 5. The van der Waals surface area contributed by atoms with Crippen LogP contribution in [0, 0.1) is 5.92 Å². The van der Waals surface area contributed by atoms with Gasteiger partial charge in [0.05, 0.1) is 7.11 Å². The SMILES string of the molecule is COc1ccc(-n2c(Cc3ccccc3)nnc2SCc2ccccc2C(=O)NCC(C)C)cc1. The lowest BCUT2D eigenvalue weighted by Gasteiger charge is -2.13. The van der Waals surface area contributed by atoms with E-state index in [-0.39, 0.29) is 5.91 Å². The van der Waals surface area contributed by atoms with Gasteiger partial charge < -0.3 is 10.1 Å². The number of carbonyl (C=O) groups is 1. The normalized spacial score (nSPS) is 11.0. The molecule has 4 rings (SSSR count). The maximum absolute atomic E-state index is 12.8. The van der Waals surface area contributed by atoms with Crippen molar-refractivity contribution in [1.82, 2.24) is 20.1 Å². The number of hydrogen-bond donors (Lipinski definition) is 1. The van der Waals surface area contributed by atoms with Crippen molar-refractivity contribution in [3.8, 4) is 11.4 Å². The molecule has 1 heterocycles. The quantitative estimate of drug-likeness (QED) is 0.298. The molecule has 1 amide bonds. The standard InChI is InChI=1S/C28H30N4O2S/c1-20(2)18-29-27(33)25-12-8-7-11-22(25)19-35-28-31-30-26(17-21-9-5-4-6-10-21)32(28)23-13-15-24(34-3)16-14-23/h4-16,20H,17-19H2,1-3H3,(H,29,33). The van der Waals surface area contributed by atoms with Gasteiger partial charge in [0, 0.05) is 30.0 Å². The first kappa shape index (κ1) is 24.5. The molecular formula is C28H30N4O2S. The van der Waals surface area contributed by atoms with Crippen LogP contribution in [0.2, 0.25) is 0 Å². The van der Waals surface area contributed by atoms with Gasteiger partial charge in [0.25, 0.3) is 5.91 Å². The molecule has 0 saturated heterocycles. The molecule has 1 N–H and O–H groups in total. The average molecular weight is 487 g/mol. The van der Waals surface area contributed by atoms with E-state index >= 15 is 0 Å². The number of carbonyl (C=O) groups excluding carboxylic acids is 1. The highest BCUT2D eigenvalue weighted by Gasteiger charge is 2.17. The number of aromatic nitrogens is 3. The molecule has 0 aliphatic heterocycles. The lowest BCUT2D eigenvalue weighted by Crippen LogP contribution is -2.28. The highest BCUT2D eigenvalue weighted by molar-refractivity contribution is 7.98. The Morgan fingerprint density at radius 1 is 0.971 bits per heavy atom. The minimum absolute atomic E-state index is 0.0451. The summed E-state index contributed by atoms with van der Waals surface area (Å²) >= 11 is 1.57. The molecule has 1 aromatic heterocycles. The van der Waals surface area contributed by atoms with Crippen LogP contribution in [0.5, 0.6) is 5.75 Å². The molecular weight excluding hydrogens is 456 g/mol. The van der Waals surface area contributed by atoms with Crippen LogP contribution < -0.4 is 10.1 Å². The van der Waals surface area contributed by atoms with Gasteiger partial charge in [-0.2, -0.15) is 0 Å². The minimum Gasteiger partial charge on any atom is -0.497 e. The topological polar surface area (TPSA) is 69.0 Å². The fourth-order valence-corrected chi connectivity index (χ4v) is 4.65. The molecule has 7 heteroatoms. The maximum atomic E-state index is 12.8. The number of amides is 1. The van der Waals surface area contributed by atoms with Crippen molar-refractivity contribution in [3.05, 3.63) is 101 Å². The molecule has 0 unspecified atom stereocenters. The first-order chi connectivity index (χ1) is 17.0. The summed E-state index contributed by atoms with van der Waals surface area (Å²) in [6, 6.07) is 25.9. The molecule has 6 nitrogen and oxygen atoms in total. The zero-order valence-electron chi connectivity index (χ0n) is 20.3. The fourth-order valence-electron chi connectivity index (χ4n) is 3.68. The van der Waals surface area contributed by atoms with E-state index in [1.807, 2.05) is 66.7 Å². The monoisotopic (exact) mass is 486 g/mol. The van der Waals surface area contributed by atoms with Crippen molar-refractivity contribution >= 4 is 17.7 Å². The lowest BCUT2D eigenvalue weighted by molar-refractivity contribution is 0.0948. The van der Waals surface area contributed by atoms with E-state index in [1.165, 1.54) is 5.56 Å². The molecule has 0 aliphatic rings. The zero-order chi connectivity index (χ0) is 24.6. The van der Waals surface area contributed by atoms with Gasteiger partial charge in [0.15, 0.2) is 5.16 Å². The Kier molecular flexibility index (Phi) is 8.21. The molecule has 180 valence electrons. The van der Waals surface area contributed by atoms with Crippen molar-refractivity contribution in [2.45, 2.75) is 31.2 Å². The molecule has 0 bridgehead atoms. The number of methoxy groups -OCH3 is 1. The molecule has 0 aliphatic carbocycles. The summed E-state index contributed by atoms with van der Waals surface area (Å²) in [5, 5.41) is 12.9. The van der Waals surface area contributed by atoms with Gasteiger partial charge in [-0.15, -0.1) is 10.2 Å². The first-order valence-electron chi connectivity index (χ1n) is 11.7. The van der Waals surface area contributed by atoms with Crippen molar-refractivity contribution < 1.29 is 9.53 Å². The van der Waals surface area contributed by atoms with Crippen molar-refractivity contribution in [1.29, 1.82) is 0 Å². The summed E-state index contributed by atoms with van der Waals surface area (Å²) in [7, 11) is 1.66. The van der Waals surface area contributed by atoms with Crippen LogP contribution >= 0.6 is 11.8 Å². The van der Waals surface area contributed by atoms with Gasteiger partial charge in [-0.3, -0.25) is 9.36 Å². The highest BCUT2D eigenvalue weighted by atomic mass is 32.2. The molecule has 35 heavy (non-hydrogen) atoms. The number of rotatable bonds is 10. The van der Waals surface area contributed by atoms with Crippen LogP contribution in [0.3, 0.4) is 0 Å². The smallest absolute Gasteiger partial charge is 0.251 e. The van der Waals surface area contributed by atoms with E-state index < -0.39 is 0 Å². The van der Waals surface area contributed by atoms with Crippen LogP contribution in [0.25, 0.3) is 5.69 Å². The molecule has 4 aromatic rings. The summed E-state index contributed by atoms with van der Waals surface area (Å²) < 4.78 is 7.42. The predicted molar refractivity (Wildman–Crippen MR) is 140 cm³/mol. The third kappa shape index (κ3) is 6.31. The van der Waals surface area contributed by atoms with E-state index in [0.717, 1.165) is 28.0 Å². The Hall–Kier alpha value is -3.58. The van der Waals surface area contributed by atoms with E-state index in [0.29, 0.717) is 30.2 Å². The molecule has 3 aromatic carbocycles. The summed E-state index contributed by atoms with van der Waals surface area (Å²) in [4.78, 5) is 12.8. The van der Waals surface area contributed by atoms with Crippen LogP contribution in [0.4, 0.5) is 0 Å². The van der Waals surface area contributed by atoms with Crippen molar-refractivity contribution in [3.63, 3.8) is 0 Å². The highest BCUT2D eigenvalue weighted by Crippen LogP contribution is 2.28.